The van der Waals surface area contributed by atoms with E-state index >= 15 is 0 Å². The summed E-state index contributed by atoms with van der Waals surface area (Å²) in [5.74, 6) is 0.602. The van der Waals surface area contributed by atoms with E-state index in [4.69, 9.17) is 0 Å². The van der Waals surface area contributed by atoms with Crippen LogP contribution in [0.4, 0.5) is 11.4 Å². The van der Waals surface area contributed by atoms with Crippen LogP contribution in [0.5, 0.6) is 0 Å². The number of rotatable bonds is 9. The highest BCUT2D eigenvalue weighted by Crippen LogP contribution is 2.26. The monoisotopic (exact) mass is 516 g/mol. The Morgan fingerprint density at radius 1 is 0.833 bits per heavy atom. The molecule has 0 aliphatic carbocycles. The number of amides is 1. The number of thioether (sulfide) groups is 1. The van der Waals surface area contributed by atoms with Gasteiger partial charge < -0.3 is 5.32 Å². The van der Waals surface area contributed by atoms with Gasteiger partial charge in [0.25, 0.3) is 5.91 Å². The Morgan fingerprint density at radius 3 is 2.08 bits per heavy atom. The van der Waals surface area contributed by atoms with Gasteiger partial charge in [-0.05, 0) is 66.1 Å². The van der Waals surface area contributed by atoms with E-state index in [1.165, 1.54) is 21.0 Å². The van der Waals surface area contributed by atoms with E-state index in [9.17, 15) is 13.2 Å². The topological polar surface area (TPSA) is 66.5 Å². The lowest BCUT2D eigenvalue weighted by atomic mass is 10.1. The number of sulfonamides is 1. The highest BCUT2D eigenvalue weighted by atomic mass is 32.2. The number of carbonyl (C=O) groups excluding carboxylic acids is 1. The van der Waals surface area contributed by atoms with E-state index < -0.39 is 10.0 Å². The first-order valence-electron chi connectivity index (χ1n) is 11.5. The lowest BCUT2D eigenvalue weighted by Gasteiger charge is -2.22. The second-order valence-corrected chi connectivity index (χ2v) is 11.5. The molecule has 0 unspecified atom stereocenters. The number of anilines is 2. The summed E-state index contributed by atoms with van der Waals surface area (Å²) in [6.45, 7) is 2.20. The SMILES string of the molecule is Cc1cc(CSc2ccccc2)ccc1NC(=O)c1ccc(N(Cc2ccccc2)S(C)(=O)=O)cc1. The lowest BCUT2D eigenvalue weighted by molar-refractivity contribution is 0.102. The van der Waals surface area contributed by atoms with E-state index in [1.807, 2.05) is 67.6 Å². The smallest absolute Gasteiger partial charge is 0.255 e. The van der Waals surface area contributed by atoms with Crippen molar-refractivity contribution in [3.63, 3.8) is 0 Å². The van der Waals surface area contributed by atoms with Gasteiger partial charge in [-0.25, -0.2) is 8.42 Å². The highest BCUT2D eigenvalue weighted by Gasteiger charge is 2.18. The highest BCUT2D eigenvalue weighted by molar-refractivity contribution is 7.98. The molecule has 5 nitrogen and oxygen atoms in total. The third-order valence-corrected chi connectivity index (χ3v) is 7.90. The van der Waals surface area contributed by atoms with Crippen molar-refractivity contribution in [1.82, 2.24) is 0 Å². The molecule has 36 heavy (non-hydrogen) atoms. The fourth-order valence-corrected chi connectivity index (χ4v) is 5.51. The molecule has 1 N–H and O–H groups in total. The van der Waals surface area contributed by atoms with Crippen molar-refractivity contribution in [3.05, 3.63) is 125 Å². The second-order valence-electron chi connectivity index (χ2n) is 8.51. The van der Waals surface area contributed by atoms with Crippen molar-refractivity contribution in [1.29, 1.82) is 0 Å². The predicted molar refractivity (Wildman–Crippen MR) is 149 cm³/mol. The van der Waals surface area contributed by atoms with Gasteiger partial charge in [0.2, 0.25) is 10.0 Å². The summed E-state index contributed by atoms with van der Waals surface area (Å²) in [7, 11) is -3.50. The van der Waals surface area contributed by atoms with Crippen molar-refractivity contribution in [2.45, 2.75) is 24.1 Å². The summed E-state index contributed by atoms with van der Waals surface area (Å²) in [5, 5.41) is 2.97. The molecule has 0 aliphatic rings. The number of nitrogens with zero attached hydrogens (tertiary/aromatic N) is 1. The third kappa shape index (κ3) is 6.77. The van der Waals surface area contributed by atoms with E-state index in [0.29, 0.717) is 11.3 Å². The Morgan fingerprint density at radius 2 is 1.47 bits per heavy atom. The summed E-state index contributed by atoms with van der Waals surface area (Å²) in [5.41, 5.74) is 4.76. The Labute approximate surface area is 217 Å². The second kappa shape index (κ2) is 11.5. The van der Waals surface area contributed by atoms with Crippen LogP contribution in [0.1, 0.15) is 27.0 Å². The first kappa shape index (κ1) is 25.5. The van der Waals surface area contributed by atoms with Crippen LogP contribution in [0.3, 0.4) is 0 Å². The molecule has 7 heteroatoms. The van der Waals surface area contributed by atoms with Crippen LogP contribution in [0.25, 0.3) is 0 Å². The third-order valence-electron chi connectivity index (χ3n) is 5.67. The first-order valence-corrected chi connectivity index (χ1v) is 14.3. The standard InChI is InChI=1S/C29H28N2O3S2/c1-22-19-24(21-35-27-11-7-4-8-12-27)13-18-28(22)30-29(32)25-14-16-26(17-15-25)31(36(2,33)34)20-23-9-5-3-6-10-23/h3-19H,20-21H2,1-2H3,(H,30,32). The van der Waals surface area contributed by atoms with Crippen LogP contribution in [-0.2, 0) is 22.3 Å². The summed E-state index contributed by atoms with van der Waals surface area (Å²) >= 11 is 1.77. The van der Waals surface area contributed by atoms with Crippen LogP contribution in [0.2, 0.25) is 0 Å². The molecule has 4 aromatic rings. The fraction of sp³-hybridized carbons (Fsp3) is 0.138. The van der Waals surface area contributed by atoms with Gasteiger partial charge in [-0.3, -0.25) is 9.10 Å². The van der Waals surface area contributed by atoms with Gasteiger partial charge in [-0.2, -0.15) is 0 Å². The van der Waals surface area contributed by atoms with Crippen LogP contribution in [-0.4, -0.2) is 20.6 Å². The maximum atomic E-state index is 12.9. The minimum absolute atomic E-state index is 0.222. The molecule has 184 valence electrons. The molecule has 4 aromatic carbocycles. The van der Waals surface area contributed by atoms with Gasteiger partial charge in [0, 0.05) is 21.9 Å². The molecule has 0 aromatic heterocycles. The number of carbonyl (C=O) groups is 1. The number of hydrogen-bond donors (Lipinski definition) is 1. The summed E-state index contributed by atoms with van der Waals surface area (Å²) < 4.78 is 26.2. The Hall–Kier alpha value is -3.55. The summed E-state index contributed by atoms with van der Waals surface area (Å²) in [6, 6.07) is 32.3. The van der Waals surface area contributed by atoms with Crippen molar-refractivity contribution in [2.75, 3.05) is 15.9 Å². The lowest BCUT2D eigenvalue weighted by Crippen LogP contribution is -2.29. The molecular formula is C29H28N2O3S2. The van der Waals surface area contributed by atoms with Crippen molar-refractivity contribution >= 4 is 39.1 Å². The quantitative estimate of drug-likeness (QED) is 0.258. The van der Waals surface area contributed by atoms with Gasteiger partial charge in [-0.1, -0.05) is 60.7 Å². The number of benzene rings is 4. The summed E-state index contributed by atoms with van der Waals surface area (Å²) in [4.78, 5) is 14.1. The number of aryl methyl sites for hydroxylation is 1. The number of nitrogens with one attached hydrogen (secondary N) is 1. The van der Waals surface area contributed by atoms with Crippen molar-refractivity contribution in [2.24, 2.45) is 0 Å². The van der Waals surface area contributed by atoms with Crippen LogP contribution >= 0.6 is 11.8 Å². The molecule has 0 radical (unpaired) electrons. The minimum atomic E-state index is -3.50. The van der Waals surface area contributed by atoms with Crippen molar-refractivity contribution in [3.8, 4) is 0 Å². The molecule has 0 fully saturated rings. The average Bonchev–Trinajstić information content (AvgIpc) is 2.88. The fourth-order valence-electron chi connectivity index (χ4n) is 3.76. The first-order chi connectivity index (χ1) is 17.3. The summed E-state index contributed by atoms with van der Waals surface area (Å²) in [6.07, 6.45) is 1.18. The van der Waals surface area contributed by atoms with Crippen LogP contribution < -0.4 is 9.62 Å². The molecular weight excluding hydrogens is 488 g/mol. The maximum Gasteiger partial charge on any atom is 0.255 e. The van der Waals surface area contributed by atoms with Gasteiger partial charge in [0.15, 0.2) is 0 Å². The zero-order chi connectivity index (χ0) is 25.5. The molecule has 0 bridgehead atoms. The van der Waals surface area contributed by atoms with Crippen LogP contribution in [0, 0.1) is 6.92 Å². The maximum absolute atomic E-state index is 12.9. The van der Waals surface area contributed by atoms with E-state index in [-0.39, 0.29) is 12.5 Å². The van der Waals surface area contributed by atoms with E-state index in [2.05, 4.69) is 23.5 Å². The van der Waals surface area contributed by atoms with Crippen LogP contribution in [0.15, 0.2) is 108 Å². The van der Waals surface area contributed by atoms with Gasteiger partial charge in [0.1, 0.15) is 0 Å². The van der Waals surface area contributed by atoms with E-state index in [0.717, 1.165) is 22.6 Å². The molecule has 1 amide bonds. The molecule has 0 saturated carbocycles. The van der Waals surface area contributed by atoms with Gasteiger partial charge in [-0.15, -0.1) is 11.8 Å². The molecule has 0 aliphatic heterocycles. The van der Waals surface area contributed by atoms with Crippen molar-refractivity contribution < 1.29 is 13.2 Å². The van der Waals surface area contributed by atoms with E-state index in [1.54, 1.807) is 36.0 Å². The Kier molecular flexibility index (Phi) is 8.13. The largest absolute Gasteiger partial charge is 0.322 e. The predicted octanol–water partition coefficient (Wildman–Crippen LogP) is 6.51. The zero-order valence-corrected chi connectivity index (χ0v) is 21.9. The molecule has 0 atom stereocenters. The number of hydrogen-bond acceptors (Lipinski definition) is 4. The molecule has 0 saturated heterocycles. The molecule has 0 heterocycles. The normalized spacial score (nSPS) is 11.2. The minimum Gasteiger partial charge on any atom is -0.322 e. The van der Waals surface area contributed by atoms with Gasteiger partial charge in [0.05, 0.1) is 18.5 Å². The Balaban J connectivity index is 1.43. The molecule has 0 spiro atoms. The van der Waals surface area contributed by atoms with Gasteiger partial charge >= 0.3 is 0 Å². The molecule has 4 rings (SSSR count). The average molecular weight is 517 g/mol. The Bertz CT molecular complexity index is 1420. The zero-order valence-electron chi connectivity index (χ0n) is 20.2.